The van der Waals surface area contributed by atoms with Gasteiger partial charge in [-0.15, -0.1) is 0 Å². The van der Waals surface area contributed by atoms with Crippen LogP contribution < -0.4 is 4.74 Å². The first kappa shape index (κ1) is 13.9. The average molecular weight is 272 g/mol. The molecule has 20 heavy (non-hydrogen) atoms. The van der Waals surface area contributed by atoms with Crippen molar-refractivity contribution in [1.82, 2.24) is 0 Å². The van der Waals surface area contributed by atoms with Crippen LogP contribution in [0.3, 0.4) is 0 Å². The SMILES string of the molecule is COc1c(C)cc(-c2ccc(C(=O)O)cc2O)cc1C. The van der Waals surface area contributed by atoms with Crippen LogP contribution in [0.2, 0.25) is 0 Å². The number of methoxy groups -OCH3 is 1. The largest absolute Gasteiger partial charge is 0.507 e. The normalized spacial score (nSPS) is 10.3. The molecule has 0 aliphatic rings. The highest BCUT2D eigenvalue weighted by Crippen LogP contribution is 2.34. The van der Waals surface area contributed by atoms with Gasteiger partial charge in [-0.25, -0.2) is 4.79 Å². The lowest BCUT2D eigenvalue weighted by Crippen LogP contribution is -1.96. The number of ether oxygens (including phenoxy) is 1. The Morgan fingerprint density at radius 2 is 1.70 bits per heavy atom. The lowest BCUT2D eigenvalue weighted by Gasteiger charge is -2.12. The maximum Gasteiger partial charge on any atom is 0.335 e. The lowest BCUT2D eigenvalue weighted by molar-refractivity contribution is 0.0696. The molecule has 0 bridgehead atoms. The number of carboxylic acids is 1. The zero-order chi connectivity index (χ0) is 14.9. The highest BCUT2D eigenvalue weighted by molar-refractivity contribution is 5.89. The Morgan fingerprint density at radius 3 is 2.15 bits per heavy atom. The zero-order valence-corrected chi connectivity index (χ0v) is 11.6. The van der Waals surface area contributed by atoms with Crippen LogP contribution in [0.4, 0.5) is 0 Å². The highest BCUT2D eigenvalue weighted by Gasteiger charge is 2.12. The van der Waals surface area contributed by atoms with Gasteiger partial charge in [0.05, 0.1) is 12.7 Å². The van der Waals surface area contributed by atoms with Gasteiger partial charge in [-0.05, 0) is 60.9 Å². The zero-order valence-electron chi connectivity index (χ0n) is 11.6. The van der Waals surface area contributed by atoms with Crippen LogP contribution in [0.15, 0.2) is 30.3 Å². The van der Waals surface area contributed by atoms with Crippen molar-refractivity contribution in [3.8, 4) is 22.6 Å². The van der Waals surface area contributed by atoms with Crippen molar-refractivity contribution in [2.24, 2.45) is 0 Å². The van der Waals surface area contributed by atoms with Gasteiger partial charge in [0.2, 0.25) is 0 Å². The van der Waals surface area contributed by atoms with Gasteiger partial charge in [-0.1, -0.05) is 0 Å². The third-order valence-corrected chi connectivity index (χ3v) is 3.22. The number of aromatic hydroxyl groups is 1. The van der Waals surface area contributed by atoms with E-state index in [2.05, 4.69) is 0 Å². The molecule has 0 fully saturated rings. The molecule has 4 heteroatoms. The monoisotopic (exact) mass is 272 g/mol. The van der Waals surface area contributed by atoms with E-state index in [1.54, 1.807) is 13.2 Å². The minimum atomic E-state index is -1.06. The van der Waals surface area contributed by atoms with E-state index in [0.29, 0.717) is 5.56 Å². The summed E-state index contributed by atoms with van der Waals surface area (Å²) in [5.41, 5.74) is 3.42. The van der Waals surface area contributed by atoms with Crippen molar-refractivity contribution in [1.29, 1.82) is 0 Å². The Kier molecular flexibility index (Phi) is 3.66. The van der Waals surface area contributed by atoms with Crippen molar-refractivity contribution in [3.63, 3.8) is 0 Å². The molecule has 2 aromatic carbocycles. The van der Waals surface area contributed by atoms with E-state index in [0.717, 1.165) is 22.4 Å². The number of carbonyl (C=O) groups is 1. The Bertz CT molecular complexity index is 651. The van der Waals surface area contributed by atoms with Crippen molar-refractivity contribution in [3.05, 3.63) is 47.0 Å². The van der Waals surface area contributed by atoms with Gasteiger partial charge in [0.15, 0.2) is 0 Å². The van der Waals surface area contributed by atoms with Crippen molar-refractivity contribution >= 4 is 5.97 Å². The van der Waals surface area contributed by atoms with Gasteiger partial charge in [-0.3, -0.25) is 0 Å². The Hall–Kier alpha value is -2.49. The molecular weight excluding hydrogens is 256 g/mol. The summed E-state index contributed by atoms with van der Waals surface area (Å²) in [7, 11) is 1.62. The van der Waals surface area contributed by atoms with E-state index < -0.39 is 5.97 Å². The molecule has 104 valence electrons. The molecule has 0 saturated carbocycles. The molecule has 0 aromatic heterocycles. The Balaban J connectivity index is 2.55. The maximum atomic E-state index is 10.9. The number of carboxylic acid groups (broad SMARTS) is 1. The summed E-state index contributed by atoms with van der Waals surface area (Å²) < 4.78 is 5.31. The molecular formula is C16H16O4. The minimum absolute atomic E-state index is 0.0473. The standard InChI is InChI=1S/C16H16O4/c1-9-6-12(7-10(2)15(9)20-3)13-5-4-11(16(18)19)8-14(13)17/h4-8,17H,1-3H3,(H,18,19). The third-order valence-electron chi connectivity index (χ3n) is 3.22. The minimum Gasteiger partial charge on any atom is -0.507 e. The molecule has 0 atom stereocenters. The highest BCUT2D eigenvalue weighted by atomic mass is 16.5. The van der Waals surface area contributed by atoms with Gasteiger partial charge in [0.25, 0.3) is 0 Å². The maximum absolute atomic E-state index is 10.9. The number of hydrogen-bond donors (Lipinski definition) is 2. The van der Waals surface area contributed by atoms with E-state index in [-0.39, 0.29) is 11.3 Å². The second-order valence-electron chi connectivity index (χ2n) is 4.68. The predicted octanol–water partition coefficient (Wildman–Crippen LogP) is 3.38. The molecule has 0 radical (unpaired) electrons. The molecule has 0 spiro atoms. The molecule has 0 amide bonds. The summed E-state index contributed by atoms with van der Waals surface area (Å²) in [5.74, 6) is -0.293. The van der Waals surface area contributed by atoms with Crippen LogP contribution in [0.25, 0.3) is 11.1 Å². The van der Waals surface area contributed by atoms with Gasteiger partial charge in [-0.2, -0.15) is 0 Å². The van der Waals surface area contributed by atoms with E-state index in [9.17, 15) is 9.90 Å². The number of benzene rings is 2. The molecule has 2 aromatic rings. The van der Waals surface area contributed by atoms with Gasteiger partial charge >= 0.3 is 5.97 Å². The Labute approximate surface area is 117 Å². The molecule has 0 unspecified atom stereocenters. The average Bonchev–Trinajstić information content (AvgIpc) is 2.38. The van der Waals surface area contributed by atoms with E-state index in [1.807, 2.05) is 26.0 Å². The fourth-order valence-corrected chi connectivity index (χ4v) is 2.34. The predicted molar refractivity (Wildman–Crippen MR) is 76.5 cm³/mol. The third kappa shape index (κ3) is 2.45. The quantitative estimate of drug-likeness (QED) is 0.898. The summed E-state index contributed by atoms with van der Waals surface area (Å²) in [6.45, 7) is 3.86. The number of phenolic OH excluding ortho intramolecular Hbond substituents is 1. The van der Waals surface area contributed by atoms with E-state index >= 15 is 0 Å². The first-order valence-electron chi connectivity index (χ1n) is 6.16. The van der Waals surface area contributed by atoms with Crippen LogP contribution in [0, 0.1) is 13.8 Å². The fraction of sp³-hybridized carbons (Fsp3) is 0.188. The first-order valence-corrected chi connectivity index (χ1v) is 6.16. The van der Waals surface area contributed by atoms with Crippen LogP contribution in [-0.2, 0) is 0 Å². The van der Waals surface area contributed by atoms with Crippen molar-refractivity contribution in [2.45, 2.75) is 13.8 Å². The van der Waals surface area contributed by atoms with Crippen LogP contribution in [0.1, 0.15) is 21.5 Å². The van der Waals surface area contributed by atoms with E-state index in [1.165, 1.54) is 12.1 Å². The molecule has 4 nitrogen and oxygen atoms in total. The number of hydrogen-bond acceptors (Lipinski definition) is 3. The van der Waals surface area contributed by atoms with Gasteiger partial charge in [0.1, 0.15) is 11.5 Å². The molecule has 2 N–H and O–H groups in total. The molecule has 0 aliphatic heterocycles. The number of phenols is 1. The smallest absolute Gasteiger partial charge is 0.335 e. The van der Waals surface area contributed by atoms with Crippen molar-refractivity contribution < 1.29 is 19.7 Å². The number of aromatic carboxylic acids is 1. The van der Waals surface area contributed by atoms with Crippen LogP contribution >= 0.6 is 0 Å². The summed E-state index contributed by atoms with van der Waals surface area (Å²) in [4.78, 5) is 10.9. The van der Waals surface area contributed by atoms with Gasteiger partial charge < -0.3 is 14.9 Å². The summed E-state index contributed by atoms with van der Waals surface area (Å²) >= 11 is 0. The molecule has 0 heterocycles. The van der Waals surface area contributed by atoms with Crippen LogP contribution in [0.5, 0.6) is 11.5 Å². The topological polar surface area (TPSA) is 66.8 Å². The number of aryl methyl sites for hydroxylation is 2. The summed E-state index contributed by atoms with van der Waals surface area (Å²) in [5, 5.41) is 18.9. The fourth-order valence-electron chi connectivity index (χ4n) is 2.34. The van der Waals surface area contributed by atoms with Gasteiger partial charge in [0, 0.05) is 5.56 Å². The number of rotatable bonds is 3. The van der Waals surface area contributed by atoms with Crippen molar-refractivity contribution in [2.75, 3.05) is 7.11 Å². The molecule has 0 aliphatic carbocycles. The second kappa shape index (κ2) is 5.25. The summed E-state index contributed by atoms with van der Waals surface area (Å²) in [6, 6.07) is 8.15. The summed E-state index contributed by atoms with van der Waals surface area (Å²) in [6.07, 6.45) is 0. The molecule has 2 rings (SSSR count). The Morgan fingerprint density at radius 1 is 1.10 bits per heavy atom. The second-order valence-corrected chi connectivity index (χ2v) is 4.68. The lowest BCUT2D eigenvalue weighted by atomic mass is 9.98. The van der Waals surface area contributed by atoms with Crippen LogP contribution in [-0.4, -0.2) is 23.3 Å². The first-order chi connectivity index (χ1) is 9.43. The van der Waals surface area contributed by atoms with E-state index in [4.69, 9.17) is 9.84 Å². The molecule has 0 saturated heterocycles.